The molecule has 5 nitrogen and oxygen atoms in total. The van der Waals surface area contributed by atoms with Crippen molar-refractivity contribution >= 4 is 11.8 Å². The Balaban J connectivity index is 1.83. The molecule has 0 saturated carbocycles. The predicted molar refractivity (Wildman–Crippen MR) is 143 cm³/mol. The van der Waals surface area contributed by atoms with Gasteiger partial charge in [0.1, 0.15) is 16.9 Å². The third-order valence-electron chi connectivity index (χ3n) is 7.23. The van der Waals surface area contributed by atoms with Crippen molar-refractivity contribution in [2.45, 2.75) is 80.0 Å². The maximum absolute atomic E-state index is 8.97. The first-order chi connectivity index (χ1) is 17.1. The second kappa shape index (κ2) is 14.1. The third kappa shape index (κ3) is 6.94. The molecule has 1 N–H and O–H groups in total. The van der Waals surface area contributed by atoms with Gasteiger partial charge in [-0.1, -0.05) is 75.4 Å². The number of unbranched alkanes of at least 4 members (excludes halogenated alkanes) is 6. The number of aliphatic hydroxyl groups excluding tert-OH is 1. The Kier molecular flexibility index (Phi) is 11.2. The van der Waals surface area contributed by atoms with E-state index in [1.54, 1.807) is 26.0 Å². The molecule has 6 heteroatoms. The summed E-state index contributed by atoms with van der Waals surface area (Å²) in [4.78, 5) is 1.25. The smallest absolute Gasteiger partial charge is 0.188 e. The van der Waals surface area contributed by atoms with Gasteiger partial charge in [-0.2, -0.15) is 0 Å². The molecule has 194 valence electrons. The van der Waals surface area contributed by atoms with Gasteiger partial charge in [0.2, 0.25) is 0 Å². The molecule has 0 saturated heterocycles. The summed E-state index contributed by atoms with van der Waals surface area (Å²) in [5.74, 6) is 2.02. The van der Waals surface area contributed by atoms with Crippen LogP contribution in [0.1, 0.15) is 75.3 Å². The van der Waals surface area contributed by atoms with Crippen molar-refractivity contribution in [2.75, 3.05) is 34.7 Å². The van der Waals surface area contributed by atoms with Gasteiger partial charge in [0, 0.05) is 31.1 Å². The van der Waals surface area contributed by atoms with Crippen molar-refractivity contribution < 1.29 is 24.1 Å². The number of fused-ring (bicyclic) bond motifs is 1. The fourth-order valence-corrected chi connectivity index (χ4v) is 6.63. The van der Waals surface area contributed by atoms with E-state index in [4.69, 9.17) is 24.1 Å². The molecule has 0 aromatic heterocycles. The second-order valence-electron chi connectivity index (χ2n) is 9.49. The first kappa shape index (κ1) is 27.9. The zero-order chi connectivity index (χ0) is 25.1. The second-order valence-corrected chi connectivity index (χ2v) is 10.6. The van der Waals surface area contributed by atoms with Crippen LogP contribution in [0.4, 0.5) is 0 Å². The quantitative estimate of drug-likeness (QED) is 0.211. The lowest BCUT2D eigenvalue weighted by Crippen LogP contribution is -2.44. The van der Waals surface area contributed by atoms with E-state index in [1.807, 2.05) is 19.2 Å². The molecule has 1 aliphatic heterocycles. The van der Waals surface area contributed by atoms with Crippen molar-refractivity contribution in [2.24, 2.45) is 0 Å². The minimum Gasteiger partial charge on any atom is -0.497 e. The number of ether oxygens (including phenoxy) is 4. The van der Waals surface area contributed by atoms with Crippen LogP contribution in [0.15, 0.2) is 47.4 Å². The summed E-state index contributed by atoms with van der Waals surface area (Å²) in [7, 11) is 5.17. The Morgan fingerprint density at radius 3 is 2.14 bits per heavy atom. The Labute approximate surface area is 215 Å². The molecule has 0 radical (unpaired) electrons. The van der Waals surface area contributed by atoms with Gasteiger partial charge in [0.05, 0.1) is 7.11 Å². The van der Waals surface area contributed by atoms with Gasteiger partial charge < -0.3 is 24.1 Å². The number of hydrogen-bond donors (Lipinski definition) is 1. The van der Waals surface area contributed by atoms with E-state index >= 15 is 0 Å². The molecule has 2 aromatic rings. The summed E-state index contributed by atoms with van der Waals surface area (Å²) in [5.41, 5.74) is 2.43. The van der Waals surface area contributed by atoms with E-state index in [0.29, 0.717) is 12.5 Å². The number of hydrogen-bond acceptors (Lipinski definition) is 6. The van der Waals surface area contributed by atoms with Crippen LogP contribution in [0, 0.1) is 0 Å². The molecule has 0 bridgehead atoms. The largest absolute Gasteiger partial charge is 0.497 e. The van der Waals surface area contributed by atoms with Gasteiger partial charge in [-0.3, -0.25) is 0 Å². The highest BCUT2D eigenvalue weighted by Gasteiger charge is 2.48. The van der Waals surface area contributed by atoms with Crippen LogP contribution < -0.4 is 9.47 Å². The highest BCUT2D eigenvalue weighted by Crippen LogP contribution is 2.56. The van der Waals surface area contributed by atoms with Crippen molar-refractivity contribution in [1.82, 2.24) is 0 Å². The number of methoxy groups -OCH3 is 3. The lowest BCUT2D eigenvalue weighted by atomic mass is 9.67. The van der Waals surface area contributed by atoms with Gasteiger partial charge in [-0.15, -0.1) is 0 Å². The van der Waals surface area contributed by atoms with Crippen molar-refractivity contribution in [1.29, 1.82) is 0 Å². The van der Waals surface area contributed by atoms with Gasteiger partial charge in [0.15, 0.2) is 6.79 Å². The molecule has 3 atom stereocenters. The highest BCUT2D eigenvalue weighted by atomic mass is 32.2. The molecular formula is C29H42O5S. The highest BCUT2D eigenvalue weighted by molar-refractivity contribution is 8.00. The average Bonchev–Trinajstić information content (AvgIpc) is 2.89. The summed E-state index contributed by atoms with van der Waals surface area (Å²) in [5, 5.41) is 8.97. The van der Waals surface area contributed by atoms with Gasteiger partial charge in [-0.25, -0.2) is 0 Å². The fraction of sp³-hybridized carbons (Fsp3) is 0.586. The lowest BCUT2D eigenvalue weighted by molar-refractivity contribution is 0.0510. The van der Waals surface area contributed by atoms with E-state index in [9.17, 15) is 0 Å². The maximum Gasteiger partial charge on any atom is 0.188 e. The molecule has 0 spiro atoms. The minimum absolute atomic E-state index is 0.0173. The van der Waals surface area contributed by atoms with E-state index < -0.39 is 0 Å². The minimum atomic E-state index is -0.193. The summed E-state index contributed by atoms with van der Waals surface area (Å²) in [6.07, 6.45) is 9.27. The maximum atomic E-state index is 8.97. The van der Waals surface area contributed by atoms with Crippen LogP contribution in [0.2, 0.25) is 0 Å². The monoisotopic (exact) mass is 502 g/mol. The summed E-state index contributed by atoms with van der Waals surface area (Å²) in [6, 6.07) is 14.9. The third-order valence-corrected chi connectivity index (χ3v) is 8.73. The summed E-state index contributed by atoms with van der Waals surface area (Å²) < 4.78 is 22.4. The summed E-state index contributed by atoms with van der Waals surface area (Å²) >= 11 is 1.79. The number of benzene rings is 2. The van der Waals surface area contributed by atoms with E-state index in [2.05, 4.69) is 37.3 Å². The van der Waals surface area contributed by atoms with Crippen LogP contribution in [-0.2, 0) is 14.9 Å². The van der Waals surface area contributed by atoms with Crippen molar-refractivity contribution in [3.8, 4) is 11.5 Å². The normalized spacial score (nSPS) is 21.5. The molecule has 1 heterocycles. The topological polar surface area (TPSA) is 57.2 Å². The van der Waals surface area contributed by atoms with Gasteiger partial charge in [0.25, 0.3) is 0 Å². The van der Waals surface area contributed by atoms with Crippen LogP contribution in [0.25, 0.3) is 0 Å². The Bertz CT molecular complexity index is 887. The zero-order valence-corrected chi connectivity index (χ0v) is 22.6. The van der Waals surface area contributed by atoms with Crippen LogP contribution in [0.5, 0.6) is 11.5 Å². The molecule has 0 fully saturated rings. The fourth-order valence-electron chi connectivity index (χ4n) is 5.22. The molecule has 0 amide bonds. The molecule has 2 aromatic carbocycles. The summed E-state index contributed by atoms with van der Waals surface area (Å²) in [6.45, 7) is 2.90. The zero-order valence-electron chi connectivity index (χ0n) is 21.8. The molecule has 3 unspecified atom stereocenters. The lowest BCUT2D eigenvalue weighted by Gasteiger charge is -2.47. The van der Waals surface area contributed by atoms with E-state index in [-0.39, 0.29) is 17.6 Å². The van der Waals surface area contributed by atoms with Crippen molar-refractivity contribution in [3.63, 3.8) is 0 Å². The molecule has 3 rings (SSSR count). The SMILES string of the molecule is COCOc1ccc(C2(C)C(OC)Sc3cc(OC)ccc3C2CCCCCCCCCO)cc1. The van der Waals surface area contributed by atoms with Crippen molar-refractivity contribution in [3.05, 3.63) is 53.6 Å². The standard InChI is InChI=1S/C29H42O5S/c1-29(22-13-15-23(16-14-22)34-21-31-2)26(12-10-8-6-5-7-9-11-19-30)25-18-17-24(32-3)20-27(25)35-28(29)33-4/h13-18,20,26,28,30H,5-12,19,21H2,1-4H3. The average molecular weight is 503 g/mol. The Morgan fingerprint density at radius 2 is 1.51 bits per heavy atom. The van der Waals surface area contributed by atoms with Crippen LogP contribution >= 0.6 is 11.8 Å². The van der Waals surface area contributed by atoms with Gasteiger partial charge >= 0.3 is 0 Å². The predicted octanol–water partition coefficient (Wildman–Crippen LogP) is 6.91. The molecule has 35 heavy (non-hydrogen) atoms. The number of aliphatic hydroxyl groups is 1. The number of thioether (sulfide) groups is 1. The molecule has 1 aliphatic rings. The molecular weight excluding hydrogens is 460 g/mol. The van der Waals surface area contributed by atoms with Gasteiger partial charge in [-0.05, 0) is 54.2 Å². The first-order valence-electron chi connectivity index (χ1n) is 12.8. The Hall–Kier alpha value is -1.73. The molecule has 0 aliphatic carbocycles. The van der Waals surface area contributed by atoms with Crippen LogP contribution in [0.3, 0.4) is 0 Å². The first-order valence-corrected chi connectivity index (χ1v) is 13.7. The van der Waals surface area contributed by atoms with Crippen LogP contribution in [-0.4, -0.2) is 45.3 Å². The number of rotatable bonds is 15. The Morgan fingerprint density at radius 1 is 0.857 bits per heavy atom. The van der Waals surface area contributed by atoms with E-state index in [0.717, 1.165) is 30.8 Å². The van der Waals surface area contributed by atoms with E-state index in [1.165, 1.54) is 48.1 Å².